The van der Waals surface area contributed by atoms with Gasteiger partial charge in [0.05, 0.1) is 75.7 Å². The fraction of sp³-hybridized carbons (Fsp3) is 0.0800. The normalized spacial score (nSPS) is 10.9. The first kappa shape index (κ1) is 48.2. The fourth-order valence-electron chi connectivity index (χ4n) is 6.67. The van der Waals surface area contributed by atoms with Crippen molar-refractivity contribution in [2.24, 2.45) is 0 Å². The summed E-state index contributed by atoms with van der Waals surface area (Å²) in [5.74, 6) is -1.40. The molecule has 0 aliphatic carbocycles. The average molecular weight is 1010 g/mol. The monoisotopic (exact) mass is 1000 g/mol. The summed E-state index contributed by atoms with van der Waals surface area (Å²) in [7, 11) is 0. The maximum Gasteiger partial charge on any atom is 0.134 e. The number of pyridine rings is 6. The first-order valence-corrected chi connectivity index (χ1v) is 22.0. The molecule has 0 radical (unpaired) electrons. The van der Waals surface area contributed by atoms with Crippen LogP contribution < -0.4 is 0 Å². The topological polar surface area (TPSA) is 77.3 Å². The molecular weight excluding hydrogens is 973 g/mol. The zero-order valence-corrected chi connectivity index (χ0v) is 39.5. The number of hydrogen-bond donors (Lipinski definition) is 0. The number of halogens is 10. The van der Waals surface area contributed by atoms with Gasteiger partial charge in [0.1, 0.15) is 33.6 Å². The predicted molar refractivity (Wildman–Crippen MR) is 262 cm³/mol. The number of hydrogen-bond acceptors (Lipinski definition) is 6. The minimum Gasteiger partial charge on any atom is -0.255 e. The summed E-state index contributed by atoms with van der Waals surface area (Å²) < 4.78 is 53.4. The molecule has 0 aliphatic heterocycles. The van der Waals surface area contributed by atoms with E-state index in [4.69, 9.17) is 69.6 Å². The maximum absolute atomic E-state index is 13.8. The Morgan fingerprint density at radius 3 is 1.26 bits per heavy atom. The van der Waals surface area contributed by atoms with Crippen LogP contribution >= 0.6 is 69.6 Å². The minimum atomic E-state index is -0.375. The van der Waals surface area contributed by atoms with E-state index in [-0.39, 0.29) is 23.3 Å². The second-order valence-corrected chi connectivity index (χ2v) is 16.7. The summed E-state index contributed by atoms with van der Waals surface area (Å²) in [5, 5.41) is 4.63. The van der Waals surface area contributed by atoms with E-state index in [1.54, 1.807) is 62.6 Å². The van der Waals surface area contributed by atoms with Crippen molar-refractivity contribution in [2.75, 3.05) is 0 Å². The number of aromatic nitrogens is 6. The molecular formula is C50H32Cl6F4N6. The van der Waals surface area contributed by atoms with Gasteiger partial charge in [0.25, 0.3) is 0 Å². The Morgan fingerprint density at radius 2 is 0.773 bits per heavy atom. The Bertz CT molecular complexity index is 3380. The van der Waals surface area contributed by atoms with Crippen LogP contribution in [-0.4, -0.2) is 29.9 Å². The highest BCUT2D eigenvalue weighted by Gasteiger charge is 2.16. The van der Waals surface area contributed by atoms with Crippen molar-refractivity contribution in [3.8, 4) is 22.8 Å². The van der Waals surface area contributed by atoms with Crippen molar-refractivity contribution < 1.29 is 17.6 Å². The molecule has 66 heavy (non-hydrogen) atoms. The summed E-state index contributed by atoms with van der Waals surface area (Å²) in [5.41, 5.74) is 7.76. The molecule has 10 rings (SSSR count). The molecule has 0 unspecified atom stereocenters. The largest absolute Gasteiger partial charge is 0.255 e. The Balaban J connectivity index is 0.000000132. The van der Waals surface area contributed by atoms with Crippen LogP contribution in [-0.2, 0) is 0 Å². The van der Waals surface area contributed by atoms with Crippen LogP contribution in [0.5, 0.6) is 0 Å². The first-order valence-electron chi connectivity index (χ1n) is 19.7. The molecule has 0 atom stereocenters. The van der Waals surface area contributed by atoms with Crippen molar-refractivity contribution >= 4 is 113 Å². The lowest BCUT2D eigenvalue weighted by molar-refractivity contribution is 0.629. The second-order valence-electron chi connectivity index (χ2n) is 14.5. The Hall–Kier alpha value is -5.72. The molecule has 6 aromatic heterocycles. The van der Waals surface area contributed by atoms with Crippen LogP contribution in [0.2, 0.25) is 30.4 Å². The third kappa shape index (κ3) is 10.3. The lowest BCUT2D eigenvalue weighted by atomic mass is 10.1. The van der Waals surface area contributed by atoms with Crippen molar-refractivity contribution in [1.82, 2.24) is 29.9 Å². The average Bonchev–Trinajstić information content (AvgIpc) is 3.31. The van der Waals surface area contributed by atoms with Crippen molar-refractivity contribution in [1.29, 1.82) is 0 Å². The minimum absolute atomic E-state index is 0.313. The van der Waals surface area contributed by atoms with E-state index in [0.717, 1.165) is 33.3 Å². The fourth-order valence-corrected chi connectivity index (χ4v) is 8.19. The van der Waals surface area contributed by atoms with E-state index >= 15 is 0 Å². The molecule has 0 aliphatic rings. The molecule has 0 N–H and O–H groups in total. The highest BCUT2D eigenvalue weighted by atomic mass is 35.5. The number of rotatable bonds is 2. The summed E-state index contributed by atoms with van der Waals surface area (Å²) in [6.45, 7) is 7.21. The van der Waals surface area contributed by atoms with Gasteiger partial charge < -0.3 is 0 Å². The van der Waals surface area contributed by atoms with Crippen LogP contribution in [0.1, 0.15) is 22.3 Å². The van der Waals surface area contributed by atoms with E-state index in [1.165, 1.54) is 36.4 Å². The van der Waals surface area contributed by atoms with Gasteiger partial charge in [-0.3, -0.25) is 9.97 Å². The second kappa shape index (κ2) is 20.8. The molecule has 0 amide bonds. The van der Waals surface area contributed by atoms with Crippen molar-refractivity contribution in [3.05, 3.63) is 198 Å². The zero-order valence-electron chi connectivity index (χ0n) is 35.0. The third-order valence-electron chi connectivity index (χ3n) is 10.2. The van der Waals surface area contributed by atoms with Gasteiger partial charge in [-0.25, -0.2) is 37.5 Å². The quantitative estimate of drug-likeness (QED) is 0.127. The van der Waals surface area contributed by atoms with Gasteiger partial charge in [0.15, 0.2) is 0 Å². The Labute approximate surface area is 406 Å². The van der Waals surface area contributed by atoms with Gasteiger partial charge in [-0.2, -0.15) is 0 Å². The van der Waals surface area contributed by atoms with Crippen LogP contribution in [0.15, 0.2) is 122 Å². The van der Waals surface area contributed by atoms with Crippen LogP contribution in [0.4, 0.5) is 17.6 Å². The zero-order chi connectivity index (χ0) is 47.4. The summed E-state index contributed by atoms with van der Waals surface area (Å²) in [4.78, 5) is 25.6. The molecule has 0 fully saturated rings. The molecule has 4 aromatic carbocycles. The van der Waals surface area contributed by atoms with E-state index in [2.05, 4.69) is 29.9 Å². The van der Waals surface area contributed by atoms with E-state index in [9.17, 15) is 17.6 Å². The molecule has 0 saturated heterocycles. The number of fused-ring (bicyclic) bond motifs is 4. The molecule has 10 aromatic rings. The number of nitrogens with zero attached hydrogens (tertiary/aromatic N) is 6. The Kier molecular flexibility index (Phi) is 15.2. The first-order chi connectivity index (χ1) is 31.5. The van der Waals surface area contributed by atoms with Crippen LogP contribution in [0.25, 0.3) is 66.4 Å². The number of benzene rings is 4. The SMILES string of the molecule is Cc1c(-c2ccccn2)nc2cc(F)ccc2c1Cl.Cc1c(-c2ccccn2)nc2cccc(F)c2c1Cl.Cc1c(Cl)nc2cc(F)ccc2c1Cl.Cc1c(Cl)nc2cccc(F)c2c1Cl. The van der Waals surface area contributed by atoms with E-state index in [0.29, 0.717) is 85.8 Å². The molecule has 332 valence electrons. The highest BCUT2D eigenvalue weighted by Crippen LogP contribution is 2.36. The molecule has 6 nitrogen and oxygen atoms in total. The lowest BCUT2D eigenvalue weighted by Crippen LogP contribution is -1.95. The van der Waals surface area contributed by atoms with Crippen molar-refractivity contribution in [2.45, 2.75) is 27.7 Å². The highest BCUT2D eigenvalue weighted by molar-refractivity contribution is 6.40. The maximum atomic E-state index is 13.8. The van der Waals surface area contributed by atoms with Crippen LogP contribution in [0, 0.1) is 51.0 Å². The lowest BCUT2D eigenvalue weighted by Gasteiger charge is -2.10. The molecule has 6 heterocycles. The van der Waals surface area contributed by atoms with Gasteiger partial charge in [-0.15, -0.1) is 0 Å². The van der Waals surface area contributed by atoms with Crippen molar-refractivity contribution in [3.63, 3.8) is 0 Å². The van der Waals surface area contributed by atoms with Crippen LogP contribution in [0.3, 0.4) is 0 Å². The van der Waals surface area contributed by atoms with Gasteiger partial charge >= 0.3 is 0 Å². The van der Waals surface area contributed by atoms with Gasteiger partial charge in [-0.1, -0.05) is 93.9 Å². The molecule has 16 heteroatoms. The molecule has 0 saturated carbocycles. The smallest absolute Gasteiger partial charge is 0.134 e. The summed E-state index contributed by atoms with van der Waals surface area (Å²) in [6.07, 6.45) is 3.39. The van der Waals surface area contributed by atoms with Gasteiger partial charge in [0, 0.05) is 46.4 Å². The summed E-state index contributed by atoms with van der Waals surface area (Å²) in [6, 6.07) is 29.2. The standard InChI is InChI=1S/2C15H10ClFN2.2C10H6Cl2FN/c1-9-14(16)13-10(17)5-4-7-11(13)19-15(9)12-6-2-3-8-18-12;1-9-14(16)11-6-5-10(17)8-13(11)19-15(9)12-4-2-3-7-18-12;1-5-9(11)7-3-2-6(13)4-8(7)14-10(5)12;1-5-9(11)8-6(13)3-2-4-7(8)14-10(5)12/h2*2-8H,1H3;2*2-4H,1H3. The Morgan fingerprint density at radius 1 is 0.379 bits per heavy atom. The molecule has 0 bridgehead atoms. The molecule has 0 spiro atoms. The van der Waals surface area contributed by atoms with Gasteiger partial charge in [0.2, 0.25) is 0 Å². The third-order valence-corrected chi connectivity index (χ3v) is 12.8. The van der Waals surface area contributed by atoms with E-state index < -0.39 is 0 Å². The summed E-state index contributed by atoms with van der Waals surface area (Å²) >= 11 is 36.3. The van der Waals surface area contributed by atoms with Gasteiger partial charge in [-0.05, 0) is 112 Å². The predicted octanol–water partition coefficient (Wildman–Crippen LogP) is 16.8. The van der Waals surface area contributed by atoms with E-state index in [1.807, 2.05) is 50.2 Å².